The second kappa shape index (κ2) is 8.62. The first-order valence-electron chi connectivity index (χ1n) is 9.46. The number of hydrogen-bond acceptors (Lipinski definition) is 4. The average Bonchev–Trinajstić information content (AvgIpc) is 2.77. The maximum atomic E-state index is 13.7. The van der Waals surface area contributed by atoms with E-state index in [0.717, 1.165) is 4.90 Å². The molecule has 1 aliphatic rings. The SMILES string of the molecule is O=C1NC(=O)N(c2ccccc2)C(=O)/C1=C/c1ccc(OCc2ccccc2F)cc1. The van der Waals surface area contributed by atoms with E-state index < -0.39 is 17.8 Å². The molecule has 4 rings (SSSR count). The van der Waals surface area contributed by atoms with Gasteiger partial charge >= 0.3 is 6.03 Å². The second-order valence-corrected chi connectivity index (χ2v) is 6.74. The number of amides is 4. The van der Waals surface area contributed by atoms with Crippen LogP contribution in [0.4, 0.5) is 14.9 Å². The van der Waals surface area contributed by atoms with Gasteiger partial charge in [0.15, 0.2) is 0 Å². The van der Waals surface area contributed by atoms with Crippen LogP contribution in [-0.4, -0.2) is 17.8 Å². The number of ether oxygens (including phenoxy) is 1. The molecule has 0 saturated carbocycles. The minimum atomic E-state index is -0.796. The number of urea groups is 1. The Kier molecular flexibility index (Phi) is 5.57. The molecule has 0 bridgehead atoms. The van der Waals surface area contributed by atoms with Gasteiger partial charge in [-0.3, -0.25) is 14.9 Å². The number of nitrogens with one attached hydrogen (secondary N) is 1. The van der Waals surface area contributed by atoms with Crippen LogP contribution < -0.4 is 15.0 Å². The van der Waals surface area contributed by atoms with E-state index in [1.807, 2.05) is 0 Å². The fraction of sp³-hybridized carbons (Fsp3) is 0.0417. The number of hydrogen-bond donors (Lipinski definition) is 1. The quantitative estimate of drug-likeness (QED) is 0.503. The molecule has 3 aromatic rings. The lowest BCUT2D eigenvalue weighted by atomic mass is 10.1. The number of benzene rings is 3. The van der Waals surface area contributed by atoms with Crippen LogP contribution in [0.25, 0.3) is 6.08 Å². The molecule has 1 N–H and O–H groups in total. The zero-order valence-electron chi connectivity index (χ0n) is 16.2. The second-order valence-electron chi connectivity index (χ2n) is 6.74. The van der Waals surface area contributed by atoms with Gasteiger partial charge in [0.2, 0.25) is 0 Å². The Morgan fingerprint density at radius 1 is 0.871 bits per heavy atom. The minimum absolute atomic E-state index is 0.0716. The van der Waals surface area contributed by atoms with Crippen molar-refractivity contribution in [3.63, 3.8) is 0 Å². The lowest BCUT2D eigenvalue weighted by Gasteiger charge is -2.26. The summed E-state index contributed by atoms with van der Waals surface area (Å²) in [7, 11) is 0. The molecule has 0 aromatic heterocycles. The van der Waals surface area contributed by atoms with Crippen LogP contribution in [0.15, 0.2) is 84.4 Å². The Morgan fingerprint density at radius 3 is 2.26 bits per heavy atom. The van der Waals surface area contributed by atoms with Crippen molar-refractivity contribution in [2.24, 2.45) is 0 Å². The van der Waals surface area contributed by atoms with E-state index in [1.54, 1.807) is 72.8 Å². The predicted molar refractivity (Wildman–Crippen MR) is 113 cm³/mol. The third kappa shape index (κ3) is 4.35. The largest absolute Gasteiger partial charge is 0.489 e. The number of imide groups is 2. The van der Waals surface area contributed by atoms with Crippen LogP contribution in [-0.2, 0) is 16.2 Å². The Balaban J connectivity index is 1.52. The molecule has 0 radical (unpaired) electrons. The number of anilines is 1. The van der Waals surface area contributed by atoms with Crippen LogP contribution >= 0.6 is 0 Å². The van der Waals surface area contributed by atoms with Crippen molar-refractivity contribution in [1.29, 1.82) is 0 Å². The van der Waals surface area contributed by atoms with Crippen molar-refractivity contribution in [3.8, 4) is 5.75 Å². The number of rotatable bonds is 5. The summed E-state index contributed by atoms with van der Waals surface area (Å²) in [5.41, 5.74) is 1.20. The van der Waals surface area contributed by atoms with Gasteiger partial charge in [0.1, 0.15) is 23.7 Å². The van der Waals surface area contributed by atoms with Gasteiger partial charge in [-0.05, 0) is 42.0 Å². The van der Waals surface area contributed by atoms with Crippen molar-refractivity contribution in [1.82, 2.24) is 5.32 Å². The summed E-state index contributed by atoms with van der Waals surface area (Å²) >= 11 is 0. The first-order valence-corrected chi connectivity index (χ1v) is 9.46. The van der Waals surface area contributed by atoms with Gasteiger partial charge < -0.3 is 4.74 Å². The van der Waals surface area contributed by atoms with Crippen molar-refractivity contribution in [2.45, 2.75) is 6.61 Å². The van der Waals surface area contributed by atoms with E-state index in [9.17, 15) is 18.8 Å². The Bertz CT molecular complexity index is 1170. The molecule has 0 atom stereocenters. The summed E-state index contributed by atoms with van der Waals surface area (Å²) in [5.74, 6) is -1.31. The van der Waals surface area contributed by atoms with Crippen LogP contribution in [0.1, 0.15) is 11.1 Å². The van der Waals surface area contributed by atoms with Crippen LogP contribution in [0.2, 0.25) is 0 Å². The van der Waals surface area contributed by atoms with E-state index in [1.165, 1.54) is 12.1 Å². The van der Waals surface area contributed by atoms with Crippen LogP contribution in [0, 0.1) is 5.82 Å². The summed E-state index contributed by atoms with van der Waals surface area (Å²) in [6.07, 6.45) is 1.40. The molecule has 1 aliphatic heterocycles. The topological polar surface area (TPSA) is 75.7 Å². The molecule has 0 spiro atoms. The molecule has 154 valence electrons. The molecule has 1 saturated heterocycles. The summed E-state index contributed by atoms with van der Waals surface area (Å²) in [5, 5.41) is 2.18. The summed E-state index contributed by atoms with van der Waals surface area (Å²) in [6.45, 7) is 0.0716. The molecular weight excluding hydrogens is 399 g/mol. The molecule has 6 nitrogen and oxygen atoms in total. The number of barbiturate groups is 1. The van der Waals surface area contributed by atoms with Gasteiger partial charge in [-0.1, -0.05) is 48.5 Å². The number of carbonyl (C=O) groups is 3. The van der Waals surface area contributed by atoms with Crippen molar-refractivity contribution >= 4 is 29.6 Å². The third-order valence-electron chi connectivity index (χ3n) is 4.66. The van der Waals surface area contributed by atoms with E-state index in [4.69, 9.17) is 4.74 Å². The monoisotopic (exact) mass is 416 g/mol. The first kappa shape index (κ1) is 20.0. The maximum absolute atomic E-state index is 13.7. The van der Waals surface area contributed by atoms with Gasteiger partial charge in [-0.15, -0.1) is 0 Å². The number of carbonyl (C=O) groups excluding carboxylic acids is 3. The predicted octanol–water partition coefficient (Wildman–Crippen LogP) is 4.07. The molecule has 1 fully saturated rings. The summed E-state index contributed by atoms with van der Waals surface area (Å²) in [4.78, 5) is 38.2. The van der Waals surface area contributed by atoms with Gasteiger partial charge in [-0.2, -0.15) is 0 Å². The molecule has 3 aromatic carbocycles. The highest BCUT2D eigenvalue weighted by Crippen LogP contribution is 2.22. The van der Waals surface area contributed by atoms with Gasteiger partial charge in [0, 0.05) is 5.56 Å². The molecule has 1 heterocycles. The van der Waals surface area contributed by atoms with Crippen LogP contribution in [0.3, 0.4) is 0 Å². The van der Waals surface area contributed by atoms with Crippen LogP contribution in [0.5, 0.6) is 5.75 Å². The van der Waals surface area contributed by atoms with Crippen molar-refractivity contribution in [2.75, 3.05) is 4.90 Å². The maximum Gasteiger partial charge on any atom is 0.335 e. The number of halogens is 1. The van der Waals surface area contributed by atoms with Crippen molar-refractivity contribution in [3.05, 3.63) is 101 Å². The summed E-state index contributed by atoms with van der Waals surface area (Å²) in [6, 6.07) is 20.5. The molecule has 7 heteroatoms. The number of para-hydroxylation sites is 1. The zero-order valence-corrected chi connectivity index (χ0v) is 16.2. The fourth-order valence-corrected chi connectivity index (χ4v) is 3.07. The normalized spacial score (nSPS) is 15.2. The van der Waals surface area contributed by atoms with Gasteiger partial charge in [0.25, 0.3) is 11.8 Å². The third-order valence-corrected chi connectivity index (χ3v) is 4.66. The fourth-order valence-electron chi connectivity index (χ4n) is 3.07. The molecule has 4 amide bonds. The first-order chi connectivity index (χ1) is 15.0. The molecule has 0 aliphatic carbocycles. The van der Waals surface area contributed by atoms with E-state index in [2.05, 4.69) is 5.32 Å². The van der Waals surface area contributed by atoms with E-state index >= 15 is 0 Å². The van der Waals surface area contributed by atoms with Gasteiger partial charge in [0.05, 0.1) is 5.69 Å². The summed E-state index contributed by atoms with van der Waals surface area (Å²) < 4.78 is 19.3. The highest BCUT2D eigenvalue weighted by atomic mass is 19.1. The Labute approximate surface area is 177 Å². The average molecular weight is 416 g/mol. The smallest absolute Gasteiger partial charge is 0.335 e. The van der Waals surface area contributed by atoms with E-state index in [-0.39, 0.29) is 18.0 Å². The highest BCUT2D eigenvalue weighted by Gasteiger charge is 2.36. The van der Waals surface area contributed by atoms with Gasteiger partial charge in [-0.25, -0.2) is 14.1 Å². The Hall–Kier alpha value is -4.26. The highest BCUT2D eigenvalue weighted by molar-refractivity contribution is 6.39. The lowest BCUT2D eigenvalue weighted by Crippen LogP contribution is -2.54. The minimum Gasteiger partial charge on any atom is -0.489 e. The lowest BCUT2D eigenvalue weighted by molar-refractivity contribution is -0.122. The molecular formula is C24H17FN2O4. The number of nitrogens with zero attached hydrogens (tertiary/aromatic N) is 1. The van der Waals surface area contributed by atoms with E-state index in [0.29, 0.717) is 22.6 Å². The molecule has 0 unspecified atom stereocenters. The zero-order chi connectivity index (χ0) is 21.8. The molecule has 31 heavy (non-hydrogen) atoms. The standard InChI is InChI=1S/C24H17FN2O4/c25-21-9-5-4-6-17(21)15-31-19-12-10-16(11-13-19)14-20-22(28)26-24(30)27(23(20)29)18-7-2-1-3-8-18/h1-14H,15H2,(H,26,28,30)/b20-14+. The Morgan fingerprint density at radius 2 is 1.55 bits per heavy atom. The van der Waals surface area contributed by atoms with Crippen molar-refractivity contribution < 1.29 is 23.5 Å².